The Hall–Kier alpha value is -0.120. The van der Waals surface area contributed by atoms with Crippen molar-refractivity contribution >= 4 is 40.4 Å². The van der Waals surface area contributed by atoms with Crippen LogP contribution in [-0.4, -0.2) is 16.1 Å². The van der Waals surface area contributed by atoms with Crippen LogP contribution in [0.3, 0.4) is 0 Å². The zero-order valence-corrected chi connectivity index (χ0v) is 10.00. The van der Waals surface area contributed by atoms with Crippen LogP contribution in [-0.2, 0) is 10.5 Å². The molecular weight excluding hydrogens is 236 g/mol. The molecule has 0 fully saturated rings. The van der Waals surface area contributed by atoms with Crippen LogP contribution in [0.4, 0.5) is 0 Å². The number of halogens is 1. The zero-order valence-electron chi connectivity index (χ0n) is 7.61. The molecule has 1 aromatic rings. The Kier molecular flexibility index (Phi) is 6.15. The highest BCUT2D eigenvalue weighted by Gasteiger charge is 1.96. The van der Waals surface area contributed by atoms with Gasteiger partial charge in [0.15, 0.2) is 0 Å². The Morgan fingerprint density at radius 3 is 2.57 bits per heavy atom. The van der Waals surface area contributed by atoms with Crippen LogP contribution in [0.1, 0.15) is 5.56 Å². The molecule has 1 rings (SSSR count). The number of carbonyl (C=O) groups excluding carboxylic acids is 1. The van der Waals surface area contributed by atoms with Crippen LogP contribution in [0.15, 0.2) is 30.3 Å². The van der Waals surface area contributed by atoms with Gasteiger partial charge in [-0.25, -0.2) is 0 Å². The highest BCUT2D eigenvalue weighted by molar-refractivity contribution is 8.15. The number of thioether (sulfide) groups is 2. The summed E-state index contributed by atoms with van der Waals surface area (Å²) in [5.41, 5.74) is 1.32. The molecule has 0 aliphatic carbocycles. The number of hydrogen-bond donors (Lipinski definition) is 0. The monoisotopic (exact) mass is 246 g/mol. The quantitative estimate of drug-likeness (QED) is 0.435. The maximum Gasteiger partial charge on any atom is 0.231 e. The summed E-state index contributed by atoms with van der Waals surface area (Å²) >= 11 is 8.57. The van der Waals surface area contributed by atoms with E-state index < -0.39 is 0 Å². The van der Waals surface area contributed by atoms with Crippen molar-refractivity contribution in [2.75, 3.05) is 10.8 Å². The van der Waals surface area contributed by atoms with Crippen molar-refractivity contribution in [1.29, 1.82) is 0 Å². The minimum Gasteiger partial charge on any atom is -0.280 e. The predicted molar refractivity (Wildman–Crippen MR) is 65.9 cm³/mol. The van der Waals surface area contributed by atoms with Crippen LogP contribution in [0.5, 0.6) is 0 Å². The van der Waals surface area contributed by atoms with Crippen LogP contribution in [0.25, 0.3) is 0 Å². The lowest BCUT2D eigenvalue weighted by atomic mass is 10.2. The average molecular weight is 247 g/mol. The molecule has 0 aliphatic rings. The highest BCUT2D eigenvalue weighted by atomic mass is 35.5. The van der Waals surface area contributed by atoms with E-state index in [1.807, 2.05) is 18.2 Å². The van der Waals surface area contributed by atoms with Crippen LogP contribution in [0.2, 0.25) is 0 Å². The summed E-state index contributed by atoms with van der Waals surface area (Å²) in [5.74, 6) is 1.40. The summed E-state index contributed by atoms with van der Waals surface area (Å²) in [5, 5.41) is 0.642. The van der Waals surface area contributed by atoms with Gasteiger partial charge in [-0.3, -0.25) is 4.79 Å². The zero-order chi connectivity index (χ0) is 10.2. The molecule has 14 heavy (non-hydrogen) atoms. The second-order valence-corrected chi connectivity index (χ2v) is 5.41. The average Bonchev–Trinajstić information content (AvgIpc) is 2.18. The van der Waals surface area contributed by atoms with Crippen LogP contribution >= 0.6 is 35.1 Å². The number of benzene rings is 1. The Bertz CT molecular complexity index is 277. The van der Waals surface area contributed by atoms with Gasteiger partial charge < -0.3 is 0 Å². The molecule has 1 nitrogen and oxygen atoms in total. The van der Waals surface area contributed by atoms with E-state index >= 15 is 0 Å². The number of carbonyl (C=O) groups is 1. The molecule has 4 heteroatoms. The Morgan fingerprint density at radius 1 is 1.21 bits per heavy atom. The van der Waals surface area contributed by atoms with Crippen molar-refractivity contribution in [3.8, 4) is 0 Å². The van der Waals surface area contributed by atoms with E-state index in [0.29, 0.717) is 5.75 Å². The lowest BCUT2D eigenvalue weighted by Crippen LogP contribution is -1.89. The number of hydrogen-bond acceptors (Lipinski definition) is 3. The molecule has 0 radical (unpaired) electrons. The van der Waals surface area contributed by atoms with E-state index in [9.17, 15) is 4.79 Å². The van der Waals surface area contributed by atoms with Gasteiger partial charge in [0.05, 0.1) is 5.75 Å². The van der Waals surface area contributed by atoms with Gasteiger partial charge in [-0.05, 0) is 17.2 Å². The molecule has 0 unspecified atom stereocenters. The maximum absolute atomic E-state index is 10.4. The first-order chi connectivity index (χ1) is 6.79. The van der Waals surface area contributed by atoms with Gasteiger partial charge in [0, 0.05) is 10.8 Å². The van der Waals surface area contributed by atoms with E-state index in [1.54, 1.807) is 23.5 Å². The fourth-order valence-electron chi connectivity index (χ4n) is 0.915. The first-order valence-corrected chi connectivity index (χ1v) is 6.85. The van der Waals surface area contributed by atoms with E-state index in [0.717, 1.165) is 10.8 Å². The van der Waals surface area contributed by atoms with Gasteiger partial charge in [0.2, 0.25) is 5.24 Å². The molecule has 0 N–H and O–H groups in total. The third-order valence-corrected chi connectivity index (χ3v) is 4.12. The fourth-order valence-corrected chi connectivity index (χ4v) is 2.87. The van der Waals surface area contributed by atoms with Gasteiger partial charge >= 0.3 is 0 Å². The van der Waals surface area contributed by atoms with Gasteiger partial charge in [-0.2, -0.15) is 0 Å². The topological polar surface area (TPSA) is 17.1 Å². The van der Waals surface area contributed by atoms with Crippen molar-refractivity contribution in [2.45, 2.75) is 5.75 Å². The minimum absolute atomic E-state index is 0.268. The summed E-state index contributed by atoms with van der Waals surface area (Å²) in [6.07, 6.45) is 0. The molecule has 0 bridgehead atoms. The second kappa shape index (κ2) is 7.21. The van der Waals surface area contributed by atoms with Gasteiger partial charge in [0.1, 0.15) is 0 Å². The molecule has 0 saturated heterocycles. The van der Waals surface area contributed by atoms with Gasteiger partial charge in [-0.15, -0.1) is 23.5 Å². The van der Waals surface area contributed by atoms with E-state index in [2.05, 4.69) is 12.1 Å². The Morgan fingerprint density at radius 2 is 1.93 bits per heavy atom. The van der Waals surface area contributed by atoms with E-state index in [-0.39, 0.29) is 5.24 Å². The molecule has 0 atom stereocenters. The van der Waals surface area contributed by atoms with Crippen molar-refractivity contribution < 1.29 is 4.79 Å². The Labute approximate surface area is 97.6 Å². The fraction of sp³-hybridized carbons (Fsp3) is 0.300. The summed E-state index contributed by atoms with van der Waals surface area (Å²) in [6, 6.07) is 10.3. The standard InChI is InChI=1S/C10H11ClOS2/c11-10(12)7-14-8-13-6-9-4-2-1-3-5-9/h1-5H,6-8H2. The van der Waals surface area contributed by atoms with Crippen molar-refractivity contribution in [3.63, 3.8) is 0 Å². The number of rotatable bonds is 6. The van der Waals surface area contributed by atoms with Gasteiger partial charge in [0.25, 0.3) is 0 Å². The predicted octanol–water partition coefficient (Wildman–Crippen LogP) is 3.38. The molecule has 0 saturated carbocycles. The molecule has 0 spiro atoms. The highest BCUT2D eigenvalue weighted by Crippen LogP contribution is 2.17. The molecule has 0 aliphatic heterocycles. The molecule has 1 aromatic carbocycles. The third-order valence-electron chi connectivity index (χ3n) is 1.49. The lowest BCUT2D eigenvalue weighted by Gasteiger charge is -2.00. The minimum atomic E-state index is -0.268. The second-order valence-electron chi connectivity index (χ2n) is 2.66. The summed E-state index contributed by atoms with van der Waals surface area (Å²) in [6.45, 7) is 0. The summed E-state index contributed by atoms with van der Waals surface area (Å²) in [4.78, 5) is 10.4. The molecule has 0 amide bonds. The summed E-state index contributed by atoms with van der Waals surface area (Å²) in [7, 11) is 0. The van der Waals surface area contributed by atoms with E-state index in [1.165, 1.54) is 5.56 Å². The largest absolute Gasteiger partial charge is 0.280 e. The SMILES string of the molecule is O=C(Cl)CSCSCc1ccccc1. The Balaban J connectivity index is 2.08. The third kappa shape index (κ3) is 5.58. The van der Waals surface area contributed by atoms with Crippen molar-refractivity contribution in [2.24, 2.45) is 0 Å². The first kappa shape index (κ1) is 12.0. The molecule has 76 valence electrons. The van der Waals surface area contributed by atoms with Crippen molar-refractivity contribution in [1.82, 2.24) is 0 Å². The molecular formula is C10H11ClOS2. The van der Waals surface area contributed by atoms with Crippen LogP contribution in [0, 0.1) is 0 Å². The van der Waals surface area contributed by atoms with Gasteiger partial charge in [-0.1, -0.05) is 30.3 Å². The lowest BCUT2D eigenvalue weighted by molar-refractivity contribution is -0.109. The van der Waals surface area contributed by atoms with E-state index in [4.69, 9.17) is 11.6 Å². The first-order valence-electron chi connectivity index (χ1n) is 4.17. The van der Waals surface area contributed by atoms with Crippen LogP contribution < -0.4 is 0 Å². The summed E-state index contributed by atoms with van der Waals surface area (Å²) < 4.78 is 0. The molecule has 0 heterocycles. The molecule has 0 aromatic heterocycles. The smallest absolute Gasteiger partial charge is 0.231 e. The normalized spacial score (nSPS) is 10.1. The van der Waals surface area contributed by atoms with Crippen molar-refractivity contribution in [3.05, 3.63) is 35.9 Å². The maximum atomic E-state index is 10.4.